The molecule has 0 radical (unpaired) electrons. The number of hydrogen-bond acceptors (Lipinski definition) is 2. The Bertz CT molecular complexity index is 681. The van der Waals surface area contributed by atoms with Gasteiger partial charge < -0.3 is 10.2 Å². The topological polar surface area (TPSA) is 49.4 Å². The second-order valence-electron chi connectivity index (χ2n) is 5.13. The lowest BCUT2D eigenvalue weighted by molar-refractivity contribution is -0.127. The number of anilines is 1. The molecule has 114 valence electrons. The van der Waals surface area contributed by atoms with Crippen LogP contribution >= 0.6 is 15.9 Å². The summed E-state index contributed by atoms with van der Waals surface area (Å²) in [5, 5.41) is 2.83. The van der Waals surface area contributed by atoms with Crippen molar-refractivity contribution >= 4 is 33.4 Å². The van der Waals surface area contributed by atoms with Crippen LogP contribution in [0.5, 0.6) is 0 Å². The van der Waals surface area contributed by atoms with Crippen LogP contribution in [-0.2, 0) is 11.2 Å². The monoisotopic (exact) mass is 360 g/mol. The number of carbonyl (C=O) groups is 2. The van der Waals surface area contributed by atoms with Gasteiger partial charge in [-0.05, 0) is 35.9 Å². The van der Waals surface area contributed by atoms with Gasteiger partial charge in [-0.25, -0.2) is 0 Å². The predicted molar refractivity (Wildman–Crippen MR) is 90.9 cm³/mol. The average molecular weight is 361 g/mol. The first-order valence-corrected chi connectivity index (χ1v) is 7.61. The second-order valence-corrected chi connectivity index (χ2v) is 6.04. The lowest BCUT2D eigenvalue weighted by atomic mass is 10.1. The molecule has 0 spiro atoms. The van der Waals surface area contributed by atoms with Crippen LogP contribution in [0.2, 0.25) is 0 Å². The molecule has 0 atom stereocenters. The fourth-order valence-corrected chi connectivity index (χ4v) is 2.27. The Hall–Kier alpha value is -2.14. The third-order valence-corrected chi connectivity index (χ3v) is 3.65. The fraction of sp³-hybridized carbons (Fsp3) is 0.176. The van der Waals surface area contributed by atoms with E-state index in [0.29, 0.717) is 17.7 Å². The van der Waals surface area contributed by atoms with Crippen molar-refractivity contribution < 1.29 is 9.59 Å². The van der Waals surface area contributed by atoms with E-state index in [1.807, 2.05) is 24.3 Å². The van der Waals surface area contributed by atoms with Crippen molar-refractivity contribution in [1.82, 2.24) is 4.90 Å². The number of hydrogen-bond donors (Lipinski definition) is 1. The number of carbonyl (C=O) groups excluding carboxylic acids is 2. The molecule has 0 unspecified atom stereocenters. The average Bonchev–Trinajstić information content (AvgIpc) is 2.49. The first-order chi connectivity index (χ1) is 10.5. The number of amides is 2. The molecule has 0 aliphatic rings. The Morgan fingerprint density at radius 2 is 1.77 bits per heavy atom. The van der Waals surface area contributed by atoms with Crippen molar-refractivity contribution in [2.75, 3.05) is 19.4 Å². The summed E-state index contributed by atoms with van der Waals surface area (Å²) < 4.78 is 0.859. The van der Waals surface area contributed by atoms with Gasteiger partial charge in [0.25, 0.3) is 5.91 Å². The van der Waals surface area contributed by atoms with Crippen LogP contribution < -0.4 is 5.32 Å². The van der Waals surface area contributed by atoms with E-state index in [4.69, 9.17) is 0 Å². The van der Waals surface area contributed by atoms with Gasteiger partial charge in [-0.3, -0.25) is 9.59 Å². The normalized spacial score (nSPS) is 10.1. The van der Waals surface area contributed by atoms with Crippen molar-refractivity contribution in [1.29, 1.82) is 0 Å². The Kier molecular flexibility index (Phi) is 5.33. The molecule has 0 saturated heterocycles. The van der Waals surface area contributed by atoms with Gasteiger partial charge in [-0.1, -0.05) is 34.1 Å². The fourth-order valence-electron chi connectivity index (χ4n) is 1.87. The number of nitrogens with zero attached hydrogens (tertiary/aromatic N) is 1. The third-order valence-electron chi connectivity index (χ3n) is 3.15. The molecule has 22 heavy (non-hydrogen) atoms. The van der Waals surface area contributed by atoms with Gasteiger partial charge in [-0.2, -0.15) is 0 Å². The van der Waals surface area contributed by atoms with Crippen LogP contribution in [0.1, 0.15) is 15.9 Å². The first-order valence-electron chi connectivity index (χ1n) is 6.82. The molecule has 2 rings (SSSR count). The summed E-state index contributed by atoms with van der Waals surface area (Å²) in [6.45, 7) is 0. The highest BCUT2D eigenvalue weighted by molar-refractivity contribution is 9.10. The maximum absolute atomic E-state index is 12.1. The van der Waals surface area contributed by atoms with Crippen molar-refractivity contribution in [3.63, 3.8) is 0 Å². The zero-order valence-corrected chi connectivity index (χ0v) is 14.1. The van der Waals surface area contributed by atoms with Crippen molar-refractivity contribution in [2.24, 2.45) is 0 Å². The van der Waals surface area contributed by atoms with Crippen LogP contribution in [0.25, 0.3) is 0 Å². The minimum Gasteiger partial charge on any atom is -0.349 e. The first kappa shape index (κ1) is 16.2. The number of halogens is 1. The zero-order chi connectivity index (χ0) is 16.1. The van der Waals surface area contributed by atoms with Gasteiger partial charge in [0.2, 0.25) is 5.91 Å². The van der Waals surface area contributed by atoms with Gasteiger partial charge in [0.1, 0.15) is 0 Å². The van der Waals surface area contributed by atoms with Gasteiger partial charge >= 0.3 is 0 Å². The second kappa shape index (κ2) is 7.22. The summed E-state index contributed by atoms with van der Waals surface area (Å²) in [4.78, 5) is 25.3. The smallest absolute Gasteiger partial charge is 0.255 e. The van der Waals surface area contributed by atoms with E-state index >= 15 is 0 Å². The minimum atomic E-state index is -0.168. The Balaban J connectivity index is 2.02. The Morgan fingerprint density at radius 3 is 2.36 bits per heavy atom. The lowest BCUT2D eigenvalue weighted by Crippen LogP contribution is -2.23. The molecule has 2 aromatic rings. The number of rotatable bonds is 4. The van der Waals surface area contributed by atoms with E-state index in [1.165, 1.54) is 0 Å². The van der Waals surface area contributed by atoms with Crippen molar-refractivity contribution in [3.05, 3.63) is 64.1 Å². The summed E-state index contributed by atoms with van der Waals surface area (Å²) in [5.74, 6) is -0.121. The summed E-state index contributed by atoms with van der Waals surface area (Å²) in [7, 11) is 3.46. The summed E-state index contributed by atoms with van der Waals surface area (Å²) in [5.41, 5.74) is 2.20. The summed E-state index contributed by atoms with van der Waals surface area (Å²) in [6.07, 6.45) is 0.354. The molecule has 2 aromatic carbocycles. The molecule has 0 aliphatic heterocycles. The van der Waals surface area contributed by atoms with Gasteiger partial charge in [0.15, 0.2) is 0 Å². The Labute approximate surface area is 138 Å². The van der Waals surface area contributed by atoms with Crippen LogP contribution in [0, 0.1) is 0 Å². The number of nitrogens with one attached hydrogen (secondary N) is 1. The lowest BCUT2D eigenvalue weighted by Gasteiger charge is -2.10. The zero-order valence-electron chi connectivity index (χ0n) is 12.5. The van der Waals surface area contributed by atoms with E-state index in [1.54, 1.807) is 43.3 Å². The molecule has 2 amide bonds. The maximum atomic E-state index is 12.1. The van der Waals surface area contributed by atoms with E-state index in [2.05, 4.69) is 21.2 Å². The molecule has 1 N–H and O–H groups in total. The highest BCUT2D eigenvalue weighted by Gasteiger charge is 2.08. The third kappa shape index (κ3) is 4.43. The molecule has 0 fully saturated rings. The van der Waals surface area contributed by atoms with Gasteiger partial charge in [-0.15, -0.1) is 0 Å². The molecule has 4 nitrogen and oxygen atoms in total. The molecular weight excluding hydrogens is 344 g/mol. The number of benzene rings is 2. The minimum absolute atomic E-state index is 0.0471. The Morgan fingerprint density at radius 1 is 1.09 bits per heavy atom. The van der Waals surface area contributed by atoms with E-state index < -0.39 is 0 Å². The van der Waals surface area contributed by atoms with Crippen LogP contribution in [0.3, 0.4) is 0 Å². The van der Waals surface area contributed by atoms with Crippen LogP contribution in [0.4, 0.5) is 5.69 Å². The van der Waals surface area contributed by atoms with Gasteiger partial charge in [0, 0.05) is 29.8 Å². The largest absolute Gasteiger partial charge is 0.349 e. The predicted octanol–water partition coefficient (Wildman–Crippen LogP) is 3.33. The van der Waals surface area contributed by atoms with Gasteiger partial charge in [0.05, 0.1) is 6.42 Å². The molecule has 0 aliphatic carbocycles. The quantitative estimate of drug-likeness (QED) is 0.908. The van der Waals surface area contributed by atoms with Crippen LogP contribution in [-0.4, -0.2) is 30.8 Å². The number of likely N-dealkylation sites (N-methyl/N-ethyl adjacent to an activating group) is 1. The molecule has 0 saturated carbocycles. The molecule has 0 bridgehead atoms. The highest BCUT2D eigenvalue weighted by Crippen LogP contribution is 2.15. The molecular formula is C17H17BrN2O2. The molecule has 0 aromatic heterocycles. The van der Waals surface area contributed by atoms with Crippen LogP contribution in [0.15, 0.2) is 53.0 Å². The highest BCUT2D eigenvalue weighted by atomic mass is 79.9. The maximum Gasteiger partial charge on any atom is 0.255 e. The van der Waals surface area contributed by atoms with Crippen molar-refractivity contribution in [3.8, 4) is 0 Å². The van der Waals surface area contributed by atoms with E-state index in [-0.39, 0.29) is 11.8 Å². The summed E-state index contributed by atoms with van der Waals surface area (Å²) in [6, 6.07) is 14.5. The molecule has 5 heteroatoms. The van der Waals surface area contributed by atoms with E-state index in [9.17, 15) is 9.59 Å². The van der Waals surface area contributed by atoms with Crippen molar-refractivity contribution in [2.45, 2.75) is 6.42 Å². The van der Waals surface area contributed by atoms with E-state index in [0.717, 1.165) is 10.0 Å². The SMILES string of the molecule is CN(C)C(=O)Cc1ccc(NC(=O)c2cccc(Br)c2)cc1. The summed E-state index contributed by atoms with van der Waals surface area (Å²) >= 11 is 3.34. The molecule has 0 heterocycles. The standard InChI is InChI=1S/C17H17BrN2O2/c1-20(2)16(21)10-12-6-8-15(9-7-12)19-17(22)13-4-3-5-14(18)11-13/h3-9,11H,10H2,1-2H3,(H,19,22).